The molecule has 0 aromatic heterocycles. The van der Waals surface area contributed by atoms with Gasteiger partial charge in [-0.25, -0.2) is 4.39 Å². The van der Waals surface area contributed by atoms with Gasteiger partial charge in [0.1, 0.15) is 29.8 Å². The second-order valence-electron chi connectivity index (χ2n) is 6.24. The van der Waals surface area contributed by atoms with Crippen molar-refractivity contribution < 1.29 is 13.9 Å². The third-order valence-electron chi connectivity index (χ3n) is 4.02. The fraction of sp³-hybridized carbons (Fsp3) is 0.0435. The molecule has 3 aromatic carbocycles. The van der Waals surface area contributed by atoms with E-state index in [1.165, 1.54) is 30.3 Å². The van der Waals surface area contributed by atoms with Gasteiger partial charge < -0.3 is 10.1 Å². The number of amides is 1. The molecule has 3 aromatic rings. The van der Waals surface area contributed by atoms with E-state index in [9.17, 15) is 14.4 Å². The summed E-state index contributed by atoms with van der Waals surface area (Å²) in [6.07, 6.45) is 1.46. The van der Waals surface area contributed by atoms with Crippen molar-refractivity contribution in [3.63, 3.8) is 0 Å². The van der Waals surface area contributed by atoms with Gasteiger partial charge in [0.15, 0.2) is 0 Å². The number of hydrogen-bond donors (Lipinski definition) is 1. The van der Waals surface area contributed by atoms with Crippen LogP contribution >= 0.6 is 27.5 Å². The smallest absolute Gasteiger partial charge is 0.266 e. The number of halogens is 3. The number of benzene rings is 3. The Hall–Kier alpha value is -3.14. The van der Waals surface area contributed by atoms with E-state index in [1.807, 2.05) is 24.3 Å². The second kappa shape index (κ2) is 10.1. The molecule has 0 atom stereocenters. The zero-order valence-electron chi connectivity index (χ0n) is 15.5. The number of nitrogens with zero attached hydrogens (tertiary/aromatic N) is 1. The molecule has 0 unspecified atom stereocenters. The van der Waals surface area contributed by atoms with Crippen molar-refractivity contribution in [2.45, 2.75) is 6.61 Å². The summed E-state index contributed by atoms with van der Waals surface area (Å²) in [6, 6.07) is 19.8. The van der Waals surface area contributed by atoms with Crippen molar-refractivity contribution in [3.05, 3.63) is 98.7 Å². The topological polar surface area (TPSA) is 62.1 Å². The molecule has 7 heteroatoms. The van der Waals surface area contributed by atoms with E-state index in [0.29, 0.717) is 33.1 Å². The minimum Gasteiger partial charge on any atom is -0.488 e. The zero-order chi connectivity index (χ0) is 21.5. The number of carbonyl (C=O) groups excluding carboxylic acids is 1. The molecular formula is C23H15BrClFN2O2. The van der Waals surface area contributed by atoms with Crippen LogP contribution in [0.2, 0.25) is 5.02 Å². The molecular weight excluding hydrogens is 471 g/mol. The third kappa shape index (κ3) is 5.93. The van der Waals surface area contributed by atoms with Crippen LogP contribution in [0.15, 0.2) is 76.8 Å². The van der Waals surface area contributed by atoms with Crippen LogP contribution in [-0.2, 0) is 11.4 Å². The summed E-state index contributed by atoms with van der Waals surface area (Å²) in [4.78, 5) is 12.3. The first-order chi connectivity index (χ1) is 14.4. The fourth-order valence-corrected chi connectivity index (χ4v) is 3.28. The quantitative estimate of drug-likeness (QED) is 0.326. The average molecular weight is 486 g/mol. The zero-order valence-corrected chi connectivity index (χ0v) is 17.9. The van der Waals surface area contributed by atoms with Crippen LogP contribution in [-0.4, -0.2) is 5.91 Å². The molecule has 0 aliphatic rings. The summed E-state index contributed by atoms with van der Waals surface area (Å²) < 4.78 is 19.5. The number of ether oxygens (including phenoxy) is 1. The Bertz CT molecular complexity index is 1140. The highest BCUT2D eigenvalue weighted by Crippen LogP contribution is 2.28. The van der Waals surface area contributed by atoms with Gasteiger partial charge in [0, 0.05) is 10.7 Å². The van der Waals surface area contributed by atoms with Crippen molar-refractivity contribution in [3.8, 4) is 11.8 Å². The Morgan fingerprint density at radius 2 is 1.93 bits per heavy atom. The average Bonchev–Trinajstić information content (AvgIpc) is 2.73. The Morgan fingerprint density at radius 3 is 2.60 bits per heavy atom. The van der Waals surface area contributed by atoms with Gasteiger partial charge in [0.05, 0.1) is 4.47 Å². The van der Waals surface area contributed by atoms with Gasteiger partial charge in [-0.05, 0) is 81.7 Å². The van der Waals surface area contributed by atoms with Crippen LogP contribution < -0.4 is 10.1 Å². The van der Waals surface area contributed by atoms with Crippen molar-refractivity contribution >= 4 is 45.2 Å². The Labute approximate surface area is 186 Å². The minimum atomic E-state index is -0.582. The molecule has 1 amide bonds. The number of carbonyl (C=O) groups is 1. The van der Waals surface area contributed by atoms with E-state index in [0.717, 1.165) is 5.56 Å². The number of rotatable bonds is 6. The van der Waals surface area contributed by atoms with Gasteiger partial charge in [-0.3, -0.25) is 4.79 Å². The summed E-state index contributed by atoms with van der Waals surface area (Å²) in [5.41, 5.74) is 1.89. The number of anilines is 1. The van der Waals surface area contributed by atoms with E-state index in [-0.39, 0.29) is 5.57 Å². The molecule has 0 bridgehead atoms. The summed E-state index contributed by atoms with van der Waals surface area (Å²) in [5, 5.41) is 12.6. The highest BCUT2D eigenvalue weighted by Gasteiger charge is 2.11. The molecule has 0 aliphatic carbocycles. The first-order valence-electron chi connectivity index (χ1n) is 8.80. The largest absolute Gasteiger partial charge is 0.488 e. The lowest BCUT2D eigenvalue weighted by atomic mass is 10.1. The molecule has 150 valence electrons. The number of nitrogens with one attached hydrogen (secondary N) is 1. The Kier molecular flexibility index (Phi) is 7.23. The molecule has 30 heavy (non-hydrogen) atoms. The van der Waals surface area contributed by atoms with Gasteiger partial charge in [-0.1, -0.05) is 29.8 Å². The molecule has 0 heterocycles. The van der Waals surface area contributed by atoms with Crippen LogP contribution in [0, 0.1) is 17.1 Å². The number of hydrogen-bond acceptors (Lipinski definition) is 3. The van der Waals surface area contributed by atoms with Crippen LogP contribution in [0.5, 0.6) is 5.75 Å². The summed E-state index contributed by atoms with van der Waals surface area (Å²) >= 11 is 9.42. The van der Waals surface area contributed by atoms with Crippen LogP contribution in [0.1, 0.15) is 11.1 Å². The summed E-state index contributed by atoms with van der Waals surface area (Å²) in [6.45, 7) is 0.345. The molecule has 1 N–H and O–H groups in total. The van der Waals surface area contributed by atoms with Crippen LogP contribution in [0.4, 0.5) is 10.1 Å². The molecule has 0 saturated heterocycles. The van der Waals surface area contributed by atoms with Crippen molar-refractivity contribution in [2.75, 3.05) is 5.32 Å². The van der Waals surface area contributed by atoms with Crippen LogP contribution in [0.25, 0.3) is 6.08 Å². The van der Waals surface area contributed by atoms with Gasteiger partial charge in [-0.2, -0.15) is 5.26 Å². The number of nitriles is 1. The maximum Gasteiger partial charge on any atom is 0.266 e. The standard InChI is InChI=1S/C23H15BrClFN2O2/c24-21-12-15(4-9-22(21)30-14-16-2-1-3-18(25)11-16)10-17(13-27)23(29)28-20-7-5-19(26)6-8-20/h1-12H,14H2,(H,28,29)/b17-10+. The lowest BCUT2D eigenvalue weighted by Gasteiger charge is -2.09. The molecule has 0 fully saturated rings. The molecule has 3 rings (SSSR count). The highest BCUT2D eigenvalue weighted by atomic mass is 79.9. The predicted octanol–water partition coefficient (Wildman–Crippen LogP) is 6.37. The van der Waals surface area contributed by atoms with E-state index < -0.39 is 11.7 Å². The van der Waals surface area contributed by atoms with E-state index in [4.69, 9.17) is 16.3 Å². The molecule has 0 aliphatic heterocycles. The summed E-state index contributed by atoms with van der Waals surface area (Å²) in [5.74, 6) is -0.380. The second-order valence-corrected chi connectivity index (χ2v) is 7.53. The SMILES string of the molecule is N#C/C(=C\c1ccc(OCc2cccc(Cl)c2)c(Br)c1)C(=O)Nc1ccc(F)cc1. The van der Waals surface area contributed by atoms with Crippen molar-refractivity contribution in [1.82, 2.24) is 0 Å². The van der Waals surface area contributed by atoms with Gasteiger partial charge in [0.2, 0.25) is 0 Å². The van der Waals surface area contributed by atoms with Crippen molar-refractivity contribution in [1.29, 1.82) is 5.26 Å². The third-order valence-corrected chi connectivity index (χ3v) is 4.87. The van der Waals surface area contributed by atoms with E-state index >= 15 is 0 Å². The Morgan fingerprint density at radius 1 is 1.17 bits per heavy atom. The maximum atomic E-state index is 13.0. The van der Waals surface area contributed by atoms with Crippen molar-refractivity contribution in [2.24, 2.45) is 0 Å². The Balaban J connectivity index is 1.70. The van der Waals surface area contributed by atoms with E-state index in [2.05, 4.69) is 21.2 Å². The van der Waals surface area contributed by atoms with Crippen LogP contribution in [0.3, 0.4) is 0 Å². The van der Waals surface area contributed by atoms with Gasteiger partial charge >= 0.3 is 0 Å². The maximum absolute atomic E-state index is 13.0. The van der Waals surface area contributed by atoms with Gasteiger partial charge in [-0.15, -0.1) is 0 Å². The molecule has 0 radical (unpaired) electrons. The normalized spacial score (nSPS) is 10.9. The molecule has 4 nitrogen and oxygen atoms in total. The molecule has 0 spiro atoms. The predicted molar refractivity (Wildman–Crippen MR) is 119 cm³/mol. The van der Waals surface area contributed by atoms with Gasteiger partial charge in [0.25, 0.3) is 5.91 Å². The lowest BCUT2D eigenvalue weighted by Crippen LogP contribution is -2.13. The first kappa shape index (κ1) is 21.6. The summed E-state index contributed by atoms with van der Waals surface area (Å²) in [7, 11) is 0. The lowest BCUT2D eigenvalue weighted by molar-refractivity contribution is -0.112. The molecule has 0 saturated carbocycles. The van der Waals surface area contributed by atoms with E-state index in [1.54, 1.807) is 24.3 Å². The highest BCUT2D eigenvalue weighted by molar-refractivity contribution is 9.10. The monoisotopic (exact) mass is 484 g/mol. The fourth-order valence-electron chi connectivity index (χ4n) is 2.56. The first-order valence-corrected chi connectivity index (χ1v) is 9.97. The minimum absolute atomic E-state index is 0.0844.